The third-order valence-electron chi connectivity index (χ3n) is 2.02. The molecule has 0 saturated carbocycles. The molecule has 0 radical (unpaired) electrons. The summed E-state index contributed by atoms with van der Waals surface area (Å²) >= 11 is 0. The zero-order chi connectivity index (χ0) is 11.8. The number of nitrogens with two attached hydrogens (primary N) is 1. The maximum atomic E-state index is 5.37. The van der Waals surface area contributed by atoms with Crippen LogP contribution in [0, 0.1) is 0 Å². The third kappa shape index (κ3) is 2.06. The molecule has 6 heteroatoms. The van der Waals surface area contributed by atoms with E-state index in [0.717, 1.165) is 5.65 Å². The van der Waals surface area contributed by atoms with Gasteiger partial charge in [-0.1, -0.05) is 0 Å². The summed E-state index contributed by atoms with van der Waals surface area (Å²) in [5.41, 5.74) is 3.24. The monoisotopic (exact) mass is 220 g/mol. The van der Waals surface area contributed by atoms with E-state index in [-0.39, 0.29) is 5.54 Å². The average Bonchev–Trinajstić information content (AvgIpc) is 2.63. The summed E-state index contributed by atoms with van der Waals surface area (Å²) in [5.74, 6) is 6.68. The van der Waals surface area contributed by atoms with Gasteiger partial charge in [-0.3, -0.25) is 0 Å². The van der Waals surface area contributed by atoms with Crippen LogP contribution in [-0.4, -0.2) is 19.9 Å². The number of nitrogens with zero attached hydrogens (tertiary/aromatic N) is 3. The largest absolute Gasteiger partial charge is 0.362 e. The van der Waals surface area contributed by atoms with Crippen LogP contribution in [0.1, 0.15) is 20.8 Å². The van der Waals surface area contributed by atoms with Crippen LogP contribution < -0.4 is 16.6 Å². The van der Waals surface area contributed by atoms with E-state index in [4.69, 9.17) is 5.84 Å². The van der Waals surface area contributed by atoms with Crippen LogP contribution >= 0.6 is 0 Å². The first kappa shape index (κ1) is 10.7. The quantitative estimate of drug-likeness (QED) is 0.524. The van der Waals surface area contributed by atoms with Crippen molar-refractivity contribution in [2.45, 2.75) is 26.3 Å². The first-order chi connectivity index (χ1) is 7.49. The summed E-state index contributed by atoms with van der Waals surface area (Å²) in [4.78, 5) is 8.59. The molecule has 2 aromatic heterocycles. The molecule has 6 nitrogen and oxygen atoms in total. The first-order valence-electron chi connectivity index (χ1n) is 5.08. The van der Waals surface area contributed by atoms with Crippen molar-refractivity contribution in [3.8, 4) is 0 Å². The molecule has 2 rings (SSSR count). The molecule has 0 fully saturated rings. The number of aromatic nitrogens is 3. The van der Waals surface area contributed by atoms with Gasteiger partial charge in [0.05, 0.1) is 6.20 Å². The number of anilines is 2. The van der Waals surface area contributed by atoms with Crippen LogP contribution in [-0.2, 0) is 0 Å². The minimum Gasteiger partial charge on any atom is -0.362 e. The minimum atomic E-state index is -0.0767. The molecular formula is C10H16N6. The van der Waals surface area contributed by atoms with Crippen molar-refractivity contribution in [1.82, 2.24) is 14.4 Å². The van der Waals surface area contributed by atoms with E-state index in [1.54, 1.807) is 12.4 Å². The SMILES string of the molecule is CC(C)(C)Nc1nc(NN)cn2ccnc12. The van der Waals surface area contributed by atoms with Gasteiger partial charge in [-0.2, -0.15) is 0 Å². The molecular weight excluding hydrogens is 204 g/mol. The summed E-state index contributed by atoms with van der Waals surface area (Å²) < 4.78 is 1.87. The molecule has 2 aromatic rings. The van der Waals surface area contributed by atoms with Gasteiger partial charge in [0, 0.05) is 17.9 Å². The second-order valence-electron chi connectivity index (χ2n) is 4.65. The van der Waals surface area contributed by atoms with Crippen LogP contribution in [0.2, 0.25) is 0 Å². The zero-order valence-electron chi connectivity index (χ0n) is 9.65. The molecule has 0 unspecified atom stereocenters. The highest BCUT2D eigenvalue weighted by Crippen LogP contribution is 2.19. The van der Waals surface area contributed by atoms with Crippen molar-refractivity contribution in [2.24, 2.45) is 5.84 Å². The topological polar surface area (TPSA) is 80.3 Å². The molecule has 16 heavy (non-hydrogen) atoms. The number of fused-ring (bicyclic) bond motifs is 1. The maximum Gasteiger partial charge on any atom is 0.180 e. The number of hydrazine groups is 1. The van der Waals surface area contributed by atoms with Crippen LogP contribution in [0.3, 0.4) is 0 Å². The molecule has 0 aliphatic carbocycles. The normalized spacial score (nSPS) is 11.8. The first-order valence-corrected chi connectivity index (χ1v) is 5.08. The number of hydrogen-bond donors (Lipinski definition) is 3. The summed E-state index contributed by atoms with van der Waals surface area (Å²) in [6.07, 6.45) is 5.37. The van der Waals surface area contributed by atoms with Gasteiger partial charge in [0.2, 0.25) is 0 Å². The zero-order valence-corrected chi connectivity index (χ0v) is 9.65. The third-order valence-corrected chi connectivity index (χ3v) is 2.02. The Morgan fingerprint density at radius 2 is 2.12 bits per heavy atom. The molecule has 0 aromatic carbocycles. The minimum absolute atomic E-state index is 0.0767. The molecule has 0 saturated heterocycles. The highest BCUT2D eigenvalue weighted by molar-refractivity contribution is 5.65. The van der Waals surface area contributed by atoms with E-state index in [0.29, 0.717) is 11.6 Å². The lowest BCUT2D eigenvalue weighted by Gasteiger charge is -2.21. The van der Waals surface area contributed by atoms with E-state index >= 15 is 0 Å². The Morgan fingerprint density at radius 1 is 1.38 bits per heavy atom. The fourth-order valence-electron chi connectivity index (χ4n) is 1.44. The van der Waals surface area contributed by atoms with Gasteiger partial charge >= 0.3 is 0 Å². The summed E-state index contributed by atoms with van der Waals surface area (Å²) in [5, 5.41) is 3.29. The van der Waals surface area contributed by atoms with E-state index in [1.165, 1.54) is 0 Å². The fourth-order valence-corrected chi connectivity index (χ4v) is 1.44. The van der Waals surface area contributed by atoms with Crippen molar-refractivity contribution in [2.75, 3.05) is 10.7 Å². The number of imidazole rings is 1. The molecule has 0 aliphatic heterocycles. The van der Waals surface area contributed by atoms with Gasteiger partial charge in [0.1, 0.15) is 0 Å². The number of nitrogens with one attached hydrogen (secondary N) is 2. The van der Waals surface area contributed by atoms with Gasteiger partial charge < -0.3 is 15.1 Å². The lowest BCUT2D eigenvalue weighted by molar-refractivity contribution is 0.630. The number of rotatable bonds is 2. The summed E-state index contributed by atoms with van der Waals surface area (Å²) in [7, 11) is 0. The summed E-state index contributed by atoms with van der Waals surface area (Å²) in [6, 6.07) is 0. The van der Waals surface area contributed by atoms with Crippen molar-refractivity contribution in [1.29, 1.82) is 0 Å². The Bertz CT molecular complexity index is 495. The maximum absolute atomic E-state index is 5.37. The average molecular weight is 220 g/mol. The summed E-state index contributed by atoms with van der Waals surface area (Å²) in [6.45, 7) is 6.20. The highest BCUT2D eigenvalue weighted by atomic mass is 15.3. The Labute approximate surface area is 93.9 Å². The molecule has 0 amide bonds. The van der Waals surface area contributed by atoms with E-state index in [2.05, 4.69) is 41.5 Å². The van der Waals surface area contributed by atoms with Gasteiger partial charge in [-0.25, -0.2) is 15.8 Å². The second-order valence-corrected chi connectivity index (χ2v) is 4.65. The Hall–Kier alpha value is -1.82. The van der Waals surface area contributed by atoms with Crippen molar-refractivity contribution in [3.63, 3.8) is 0 Å². The molecule has 86 valence electrons. The van der Waals surface area contributed by atoms with Gasteiger partial charge in [-0.15, -0.1) is 0 Å². The Balaban J connectivity index is 2.52. The van der Waals surface area contributed by atoms with Gasteiger partial charge in [0.15, 0.2) is 17.3 Å². The van der Waals surface area contributed by atoms with Gasteiger partial charge in [0.25, 0.3) is 0 Å². The fraction of sp³-hybridized carbons (Fsp3) is 0.400. The van der Waals surface area contributed by atoms with E-state index in [1.807, 2.05) is 10.6 Å². The molecule has 2 heterocycles. The van der Waals surface area contributed by atoms with Crippen LogP contribution in [0.5, 0.6) is 0 Å². The Kier molecular flexibility index (Phi) is 2.43. The predicted molar refractivity (Wildman–Crippen MR) is 64.2 cm³/mol. The van der Waals surface area contributed by atoms with Crippen LogP contribution in [0.15, 0.2) is 18.6 Å². The molecule has 4 N–H and O–H groups in total. The molecule has 0 bridgehead atoms. The Morgan fingerprint density at radius 3 is 2.75 bits per heavy atom. The molecule has 0 aliphatic rings. The lowest BCUT2D eigenvalue weighted by Crippen LogP contribution is -2.27. The van der Waals surface area contributed by atoms with Crippen LogP contribution in [0.25, 0.3) is 5.65 Å². The van der Waals surface area contributed by atoms with Crippen molar-refractivity contribution < 1.29 is 0 Å². The number of nitrogen functional groups attached to an aromatic ring is 1. The molecule has 0 atom stereocenters. The van der Waals surface area contributed by atoms with Crippen molar-refractivity contribution >= 4 is 17.3 Å². The van der Waals surface area contributed by atoms with E-state index in [9.17, 15) is 0 Å². The van der Waals surface area contributed by atoms with Gasteiger partial charge in [-0.05, 0) is 20.8 Å². The molecule has 0 spiro atoms. The smallest absolute Gasteiger partial charge is 0.180 e. The standard InChI is InChI=1S/C10H16N6/c1-10(2,3)14-8-9-12-4-5-16(9)6-7(13-8)15-11/h4-6,15H,11H2,1-3H3,(H,13,14). The van der Waals surface area contributed by atoms with Crippen molar-refractivity contribution in [3.05, 3.63) is 18.6 Å². The lowest BCUT2D eigenvalue weighted by atomic mass is 10.1. The van der Waals surface area contributed by atoms with E-state index < -0.39 is 0 Å². The predicted octanol–water partition coefficient (Wildman–Crippen LogP) is 1.23. The van der Waals surface area contributed by atoms with Crippen LogP contribution in [0.4, 0.5) is 11.6 Å². The second kappa shape index (κ2) is 3.64. The number of hydrogen-bond acceptors (Lipinski definition) is 5. The highest BCUT2D eigenvalue weighted by Gasteiger charge is 2.14.